The smallest absolute Gasteiger partial charge is 0.406 e. The third-order valence-corrected chi connectivity index (χ3v) is 2.92. The van der Waals surface area contributed by atoms with E-state index in [0.29, 0.717) is 10.6 Å². The van der Waals surface area contributed by atoms with Crippen LogP contribution in [0.2, 0.25) is 0 Å². The molecule has 0 aliphatic rings. The number of benzene rings is 1. The third-order valence-electron chi connectivity index (χ3n) is 2.09. The Balaban J connectivity index is 2.22. The summed E-state index contributed by atoms with van der Waals surface area (Å²) in [6.45, 7) is 0. The standard InChI is InChI=1S/C11H8F3NO2S/c12-11(13,14)17-8-3-1-2-7(6-8)9(16)10-15-4-5-18-10/h1-6,9,16H. The fourth-order valence-corrected chi connectivity index (χ4v) is 2.04. The number of halogens is 3. The highest BCUT2D eigenvalue weighted by Crippen LogP contribution is 2.28. The Kier molecular flexibility index (Phi) is 3.53. The maximum Gasteiger partial charge on any atom is 0.573 e. The number of ether oxygens (including phenoxy) is 1. The molecule has 2 rings (SSSR count). The van der Waals surface area contributed by atoms with E-state index in [-0.39, 0.29) is 5.75 Å². The van der Waals surface area contributed by atoms with Crippen LogP contribution in [0, 0.1) is 0 Å². The van der Waals surface area contributed by atoms with E-state index < -0.39 is 12.5 Å². The molecule has 7 heteroatoms. The first kappa shape index (κ1) is 12.8. The van der Waals surface area contributed by atoms with Crippen LogP contribution in [0.5, 0.6) is 5.75 Å². The monoisotopic (exact) mass is 275 g/mol. The maximum atomic E-state index is 12.1. The SMILES string of the molecule is OC(c1cccc(OC(F)(F)F)c1)c1nccs1. The first-order chi connectivity index (χ1) is 8.46. The van der Waals surface area contributed by atoms with Crippen molar-refractivity contribution in [3.63, 3.8) is 0 Å². The van der Waals surface area contributed by atoms with Crippen molar-refractivity contribution >= 4 is 11.3 Å². The average molecular weight is 275 g/mol. The lowest BCUT2D eigenvalue weighted by molar-refractivity contribution is -0.274. The summed E-state index contributed by atoms with van der Waals surface area (Å²) in [4.78, 5) is 3.90. The fraction of sp³-hybridized carbons (Fsp3) is 0.182. The van der Waals surface area contributed by atoms with E-state index in [1.807, 2.05) is 0 Å². The number of nitrogens with zero attached hydrogens (tertiary/aromatic N) is 1. The zero-order valence-corrected chi connectivity index (χ0v) is 9.70. The van der Waals surface area contributed by atoms with Gasteiger partial charge in [-0.25, -0.2) is 4.98 Å². The lowest BCUT2D eigenvalue weighted by atomic mass is 10.1. The number of alkyl halides is 3. The molecule has 0 saturated heterocycles. The lowest BCUT2D eigenvalue weighted by Crippen LogP contribution is -2.17. The van der Waals surface area contributed by atoms with Crippen molar-refractivity contribution in [3.8, 4) is 5.75 Å². The Hall–Kier alpha value is -1.60. The summed E-state index contributed by atoms with van der Waals surface area (Å²) in [5.41, 5.74) is 0.298. The molecular weight excluding hydrogens is 267 g/mol. The van der Waals surface area contributed by atoms with E-state index in [9.17, 15) is 18.3 Å². The second-order valence-electron chi connectivity index (χ2n) is 3.39. The number of aliphatic hydroxyl groups excluding tert-OH is 1. The lowest BCUT2D eigenvalue weighted by Gasteiger charge is -2.12. The summed E-state index contributed by atoms with van der Waals surface area (Å²) in [7, 11) is 0. The van der Waals surface area contributed by atoms with Crippen LogP contribution in [-0.2, 0) is 0 Å². The Bertz CT molecular complexity index is 513. The van der Waals surface area contributed by atoms with Gasteiger partial charge in [0.15, 0.2) is 0 Å². The molecule has 0 aliphatic heterocycles. The van der Waals surface area contributed by atoms with E-state index >= 15 is 0 Å². The number of thiazole rings is 1. The average Bonchev–Trinajstić information content (AvgIpc) is 2.79. The van der Waals surface area contributed by atoms with Crippen molar-refractivity contribution < 1.29 is 23.0 Å². The number of aromatic nitrogens is 1. The van der Waals surface area contributed by atoms with Crippen molar-refractivity contribution in [2.75, 3.05) is 0 Å². The molecule has 0 amide bonds. The summed E-state index contributed by atoms with van der Waals surface area (Å²) >= 11 is 1.22. The van der Waals surface area contributed by atoms with E-state index in [2.05, 4.69) is 9.72 Å². The summed E-state index contributed by atoms with van der Waals surface area (Å²) in [5.74, 6) is -0.365. The van der Waals surface area contributed by atoms with Gasteiger partial charge in [0.2, 0.25) is 0 Å². The van der Waals surface area contributed by atoms with E-state index in [1.54, 1.807) is 5.38 Å². The van der Waals surface area contributed by atoms with Crippen molar-refractivity contribution in [1.82, 2.24) is 4.98 Å². The number of rotatable bonds is 3. The predicted molar refractivity (Wildman–Crippen MR) is 59.3 cm³/mol. The molecule has 0 radical (unpaired) electrons. The normalized spacial score (nSPS) is 13.3. The highest BCUT2D eigenvalue weighted by Gasteiger charge is 2.31. The molecule has 1 N–H and O–H groups in total. The molecule has 2 aromatic rings. The van der Waals surface area contributed by atoms with Crippen LogP contribution in [0.15, 0.2) is 35.8 Å². The summed E-state index contributed by atoms with van der Waals surface area (Å²) in [5, 5.41) is 12.0. The molecule has 3 nitrogen and oxygen atoms in total. The van der Waals surface area contributed by atoms with Crippen LogP contribution < -0.4 is 4.74 Å². The zero-order valence-electron chi connectivity index (χ0n) is 8.89. The van der Waals surface area contributed by atoms with Gasteiger partial charge in [-0.2, -0.15) is 0 Å². The van der Waals surface area contributed by atoms with Gasteiger partial charge in [0.1, 0.15) is 16.9 Å². The van der Waals surface area contributed by atoms with Crippen LogP contribution >= 0.6 is 11.3 Å². The molecule has 1 unspecified atom stereocenters. The van der Waals surface area contributed by atoms with Crippen LogP contribution in [0.3, 0.4) is 0 Å². The van der Waals surface area contributed by atoms with Gasteiger partial charge in [-0.15, -0.1) is 24.5 Å². The predicted octanol–water partition coefficient (Wildman–Crippen LogP) is 3.12. The highest BCUT2D eigenvalue weighted by atomic mass is 32.1. The zero-order chi connectivity index (χ0) is 13.2. The van der Waals surface area contributed by atoms with Gasteiger partial charge >= 0.3 is 6.36 Å². The molecule has 0 aliphatic carbocycles. The second kappa shape index (κ2) is 4.95. The molecule has 0 saturated carbocycles. The quantitative estimate of drug-likeness (QED) is 0.935. The molecule has 1 aromatic heterocycles. The van der Waals surface area contributed by atoms with Crippen molar-refractivity contribution in [2.24, 2.45) is 0 Å². The van der Waals surface area contributed by atoms with Crippen molar-refractivity contribution in [3.05, 3.63) is 46.4 Å². The van der Waals surface area contributed by atoms with Gasteiger partial charge in [-0.1, -0.05) is 12.1 Å². The number of hydrogen-bond acceptors (Lipinski definition) is 4. The molecular formula is C11H8F3NO2S. The highest BCUT2D eigenvalue weighted by molar-refractivity contribution is 7.09. The van der Waals surface area contributed by atoms with Crippen LogP contribution in [0.25, 0.3) is 0 Å². The first-order valence-electron chi connectivity index (χ1n) is 4.89. The Morgan fingerprint density at radius 1 is 1.33 bits per heavy atom. The molecule has 1 heterocycles. The summed E-state index contributed by atoms with van der Waals surface area (Å²) < 4.78 is 39.9. The van der Waals surface area contributed by atoms with Crippen LogP contribution in [0.4, 0.5) is 13.2 Å². The Morgan fingerprint density at radius 3 is 2.72 bits per heavy atom. The van der Waals surface area contributed by atoms with Crippen LogP contribution in [-0.4, -0.2) is 16.5 Å². The topological polar surface area (TPSA) is 42.4 Å². The van der Waals surface area contributed by atoms with E-state index in [4.69, 9.17) is 0 Å². The third kappa shape index (κ3) is 3.21. The number of hydrogen-bond donors (Lipinski definition) is 1. The van der Waals surface area contributed by atoms with Gasteiger partial charge < -0.3 is 9.84 Å². The summed E-state index contributed by atoms with van der Waals surface area (Å²) in [6.07, 6.45) is -4.29. The molecule has 1 aromatic carbocycles. The van der Waals surface area contributed by atoms with Crippen LogP contribution in [0.1, 0.15) is 16.7 Å². The minimum absolute atomic E-state index is 0.298. The Labute approximate surface area is 104 Å². The molecule has 0 spiro atoms. The van der Waals surface area contributed by atoms with Gasteiger partial charge in [-0.3, -0.25) is 0 Å². The Morgan fingerprint density at radius 2 is 2.11 bits per heavy atom. The first-order valence-corrected chi connectivity index (χ1v) is 5.77. The van der Waals surface area contributed by atoms with Gasteiger partial charge in [0, 0.05) is 11.6 Å². The second-order valence-corrected chi connectivity index (χ2v) is 4.32. The van der Waals surface area contributed by atoms with Gasteiger partial charge in [-0.05, 0) is 17.7 Å². The molecule has 1 atom stereocenters. The maximum absolute atomic E-state index is 12.1. The van der Waals surface area contributed by atoms with E-state index in [0.717, 1.165) is 6.07 Å². The molecule has 18 heavy (non-hydrogen) atoms. The number of aliphatic hydroxyl groups is 1. The molecule has 96 valence electrons. The van der Waals surface area contributed by atoms with Crippen molar-refractivity contribution in [2.45, 2.75) is 12.5 Å². The van der Waals surface area contributed by atoms with Crippen molar-refractivity contribution in [1.29, 1.82) is 0 Å². The van der Waals surface area contributed by atoms with Gasteiger partial charge in [0.25, 0.3) is 0 Å². The van der Waals surface area contributed by atoms with E-state index in [1.165, 1.54) is 35.7 Å². The van der Waals surface area contributed by atoms with Gasteiger partial charge in [0.05, 0.1) is 0 Å². The summed E-state index contributed by atoms with van der Waals surface area (Å²) in [6, 6.07) is 5.20. The minimum Gasteiger partial charge on any atom is -0.406 e. The minimum atomic E-state index is -4.75. The molecule has 0 fully saturated rings. The fourth-order valence-electron chi connectivity index (χ4n) is 1.39. The largest absolute Gasteiger partial charge is 0.573 e. The molecule has 0 bridgehead atoms.